The molecule has 646 valence electrons. The van der Waals surface area contributed by atoms with Crippen LogP contribution in [0.2, 0.25) is 0 Å². The Kier molecular flexibility index (Phi) is 33.2. The van der Waals surface area contributed by atoms with E-state index < -0.39 is 34.0 Å². The van der Waals surface area contributed by atoms with Crippen molar-refractivity contribution >= 4 is 76.4 Å². The van der Waals surface area contributed by atoms with Crippen molar-refractivity contribution in [2.45, 2.75) is 135 Å². The standard InChI is InChI=1S/C28H34N4O3.C22H29N3O4.C22H28N2O5S2.C20H24FN3O2/c1-28(2,14-15-32-19-30-23-6-4-5-7-25(23)32)31-18-27(34)21-10-13-26(33)24(16-21)29-17-20-8-11-22(35-3)12-9-20;1-22(2,11-14-5-7-15(8-6-14)25(3)4)23-12-18(27)16-9-10-17(26)20-21(16)29-13-19(28)24-20;25-19-8-7-18(21-20(19)24-22(26)30-21)9-11-23-12-16-31(27,28)15-4-13-29-14-10-17-5-2-1-3-6-17;1-20(2,9-10-24-13-22-17-5-3-4-6-18(17)24)23-12-19(26)15-8-7-14(25)11-16(15)21/h4-13,16,19,27,29,31,33-34H,14-15,17-18H2,1-3H3;5-10,18,23,26-27H,11-13H2,1-4H3,(H,24,28);1-3,5-8,23,25H,4,9-16H2,(H,24,26);3-8,11,13,19,23,25-26H,9-10,12H2,1-2H3. The summed E-state index contributed by atoms with van der Waals surface area (Å²) in [5, 5.41) is 90.3. The largest absolute Gasteiger partial charge is 0.508 e. The normalized spacial score (nSPS) is 13.0. The second-order valence-corrected chi connectivity index (χ2v) is 35.4. The maximum atomic E-state index is 13.8. The number of sulfone groups is 1. The summed E-state index contributed by atoms with van der Waals surface area (Å²) in [5.74, 6) is 0.343. The Bertz CT molecular complexity index is 5490. The van der Waals surface area contributed by atoms with Gasteiger partial charge in [-0.3, -0.25) is 9.59 Å². The number of β-amino-alcohol motifs (C(OH)–C–C–N with tert-alkyl or cyclic N) is 3. The number of anilines is 3. The number of aliphatic hydroxyl groups excluding tert-OH is 3. The molecule has 9 aromatic carbocycles. The van der Waals surface area contributed by atoms with Gasteiger partial charge < -0.3 is 101 Å². The van der Waals surface area contributed by atoms with E-state index in [1.54, 1.807) is 43.5 Å². The number of phenolic OH excluding ortho intramolecular Hbond substituents is 4. The number of nitrogens with one attached hydrogen (secondary N) is 7. The lowest BCUT2D eigenvalue weighted by Crippen LogP contribution is -2.43. The van der Waals surface area contributed by atoms with E-state index >= 15 is 0 Å². The number of carbonyl (C=O) groups is 1. The Morgan fingerprint density at radius 1 is 0.620 bits per heavy atom. The van der Waals surface area contributed by atoms with E-state index in [-0.39, 0.29) is 86.3 Å². The SMILES string of the molecule is CC(C)(CCn1cnc2ccccc21)NCC(O)c1ccc(O)cc1F.CN(C)c1ccc(CC(C)(C)NCC(O)c2ccc(O)c3c2OCC(=O)N3)cc1.COc1ccc(CNc2cc(C(O)CNC(C)(C)CCn3cnc4ccccc43)ccc2O)cc1.O=c1[nH]c2c(O)ccc(CCNCCS(=O)(=O)CCCOCCc3ccccc3)c2s1. The number of hydrogen-bond donors (Lipinski definition) is 14. The molecule has 26 nitrogen and oxygen atoms in total. The number of hydrogen-bond acceptors (Lipinski definition) is 23. The molecule has 121 heavy (non-hydrogen) atoms. The highest BCUT2D eigenvalue weighted by atomic mass is 32.2. The summed E-state index contributed by atoms with van der Waals surface area (Å²) in [6.45, 7) is 17.5. The van der Waals surface area contributed by atoms with E-state index in [1.807, 2.05) is 138 Å². The van der Waals surface area contributed by atoms with Crippen LogP contribution in [0.15, 0.2) is 206 Å². The number of aromatic hydroxyl groups is 4. The van der Waals surface area contributed by atoms with Gasteiger partial charge in [0.25, 0.3) is 5.91 Å². The summed E-state index contributed by atoms with van der Waals surface area (Å²) in [6.07, 6.45) is 5.63. The summed E-state index contributed by atoms with van der Waals surface area (Å²) < 4.78 is 59.4. The molecule has 1 aliphatic rings. The number of fused-ring (bicyclic) bond motifs is 4. The van der Waals surface area contributed by atoms with Crippen LogP contribution in [0, 0.1) is 5.82 Å². The number of aromatic nitrogens is 5. The van der Waals surface area contributed by atoms with Crippen molar-refractivity contribution in [1.82, 2.24) is 45.4 Å². The van der Waals surface area contributed by atoms with Gasteiger partial charge in [-0.1, -0.05) is 102 Å². The van der Waals surface area contributed by atoms with Gasteiger partial charge in [0.15, 0.2) is 22.2 Å². The molecule has 3 atom stereocenters. The van der Waals surface area contributed by atoms with E-state index in [0.29, 0.717) is 81.3 Å². The first-order valence-electron chi connectivity index (χ1n) is 40.5. The number of thiazole rings is 1. The van der Waals surface area contributed by atoms with Crippen LogP contribution >= 0.6 is 11.3 Å². The molecular weight excluding hydrogens is 1580 g/mol. The van der Waals surface area contributed by atoms with Gasteiger partial charge >= 0.3 is 4.87 Å². The molecule has 3 aromatic heterocycles. The molecular formula is C92H115FN12O14S2. The van der Waals surface area contributed by atoms with Gasteiger partial charge in [-0.05, 0) is 205 Å². The van der Waals surface area contributed by atoms with Gasteiger partial charge in [0, 0.05) is 106 Å². The highest BCUT2D eigenvalue weighted by Crippen LogP contribution is 2.42. The topological polar surface area (TPSA) is 364 Å². The summed E-state index contributed by atoms with van der Waals surface area (Å²) in [5.41, 5.74) is 11.8. The molecule has 0 bridgehead atoms. The summed E-state index contributed by atoms with van der Waals surface area (Å²) >= 11 is 1.07. The van der Waals surface area contributed by atoms with Crippen molar-refractivity contribution < 1.29 is 67.6 Å². The minimum absolute atomic E-state index is 0.0557. The second kappa shape index (κ2) is 43.5. The van der Waals surface area contributed by atoms with Crippen molar-refractivity contribution in [3.8, 4) is 34.5 Å². The first-order valence-corrected chi connectivity index (χ1v) is 43.1. The van der Waals surface area contributed by atoms with E-state index in [2.05, 4.69) is 119 Å². The quantitative estimate of drug-likeness (QED) is 0.0126. The van der Waals surface area contributed by atoms with E-state index in [9.17, 15) is 58.1 Å². The maximum absolute atomic E-state index is 13.8. The van der Waals surface area contributed by atoms with Crippen LogP contribution in [-0.2, 0) is 58.3 Å². The number of phenols is 4. The third-order valence-electron chi connectivity index (χ3n) is 20.9. The first kappa shape index (κ1) is 92.3. The zero-order chi connectivity index (χ0) is 86.9. The van der Waals surface area contributed by atoms with Crippen molar-refractivity contribution in [1.29, 1.82) is 0 Å². The zero-order valence-electron chi connectivity index (χ0n) is 70.1. The molecule has 0 saturated heterocycles. The fourth-order valence-electron chi connectivity index (χ4n) is 13.6. The molecule has 0 radical (unpaired) electrons. The van der Waals surface area contributed by atoms with Crippen LogP contribution in [0.5, 0.6) is 34.5 Å². The van der Waals surface area contributed by atoms with E-state index in [4.69, 9.17) is 14.2 Å². The molecule has 0 spiro atoms. The van der Waals surface area contributed by atoms with Gasteiger partial charge in [-0.2, -0.15) is 0 Å². The minimum atomic E-state index is -3.12. The lowest BCUT2D eigenvalue weighted by molar-refractivity contribution is -0.118. The van der Waals surface area contributed by atoms with Gasteiger partial charge in [0.2, 0.25) is 0 Å². The fraction of sp³-hybridized carbons (Fsp3) is 0.370. The number of H-pyrrole nitrogens is 1. The lowest BCUT2D eigenvalue weighted by atomic mass is 9.94. The lowest BCUT2D eigenvalue weighted by Gasteiger charge is -2.29. The van der Waals surface area contributed by atoms with Crippen LogP contribution in [0.3, 0.4) is 0 Å². The molecule has 4 heterocycles. The summed E-state index contributed by atoms with van der Waals surface area (Å²) in [4.78, 5) is 36.4. The van der Waals surface area contributed by atoms with Gasteiger partial charge in [0.05, 0.1) is 88.6 Å². The van der Waals surface area contributed by atoms with Crippen molar-refractivity contribution in [2.75, 3.05) is 101 Å². The molecule has 12 aromatic rings. The minimum Gasteiger partial charge on any atom is -0.508 e. The summed E-state index contributed by atoms with van der Waals surface area (Å²) in [7, 11) is 2.54. The van der Waals surface area contributed by atoms with E-state index in [1.165, 1.54) is 29.3 Å². The second-order valence-electron chi connectivity index (χ2n) is 32.1. The number of rotatable bonds is 38. The molecule has 1 amide bonds. The molecule has 3 unspecified atom stereocenters. The molecule has 0 aliphatic carbocycles. The molecule has 0 fully saturated rings. The number of amides is 1. The maximum Gasteiger partial charge on any atom is 0.305 e. The Balaban J connectivity index is 0.000000170. The predicted octanol–water partition coefficient (Wildman–Crippen LogP) is 13.2. The number of methoxy groups -OCH3 is 1. The van der Waals surface area contributed by atoms with Gasteiger partial charge in [0.1, 0.15) is 45.8 Å². The smallest absolute Gasteiger partial charge is 0.305 e. The molecule has 14 N–H and O–H groups in total. The monoisotopic (exact) mass is 1690 g/mol. The molecule has 1 aliphatic heterocycles. The number of carbonyl (C=O) groups excluding carboxylic acids is 1. The highest BCUT2D eigenvalue weighted by Gasteiger charge is 2.29. The average molecular weight is 1700 g/mol. The Hall–Kier alpha value is -11.0. The number of nitrogens with zero attached hydrogens (tertiary/aromatic N) is 5. The Morgan fingerprint density at radius 3 is 1.84 bits per heavy atom. The van der Waals surface area contributed by atoms with Crippen LogP contribution < -0.4 is 51.1 Å². The number of imidazole rings is 2. The first-order chi connectivity index (χ1) is 57.8. The van der Waals surface area contributed by atoms with Crippen LogP contribution in [0.1, 0.15) is 118 Å². The van der Waals surface area contributed by atoms with Crippen LogP contribution in [0.25, 0.3) is 32.3 Å². The van der Waals surface area contributed by atoms with Gasteiger partial charge in [-0.25, -0.2) is 22.8 Å². The van der Waals surface area contributed by atoms with Crippen molar-refractivity contribution in [2.24, 2.45) is 0 Å². The third kappa shape index (κ3) is 28.1. The third-order valence-corrected chi connectivity index (χ3v) is 23.6. The van der Waals surface area contributed by atoms with Crippen molar-refractivity contribution in [3.63, 3.8) is 0 Å². The highest BCUT2D eigenvalue weighted by molar-refractivity contribution is 7.91. The van der Waals surface area contributed by atoms with Crippen LogP contribution in [-0.4, -0.2) is 176 Å². The predicted molar refractivity (Wildman–Crippen MR) is 478 cm³/mol. The fourth-order valence-corrected chi connectivity index (χ4v) is 15.7. The number of aliphatic hydroxyl groups is 3. The van der Waals surface area contributed by atoms with E-state index in [0.717, 1.165) is 111 Å². The number of ether oxygens (including phenoxy) is 3. The number of halogens is 1. The van der Waals surface area contributed by atoms with Crippen LogP contribution in [0.4, 0.5) is 21.5 Å². The summed E-state index contributed by atoms with van der Waals surface area (Å²) in [6, 6.07) is 57.7. The average Bonchev–Trinajstić information content (AvgIpc) is 1.08. The Labute approximate surface area is 710 Å². The molecule has 29 heteroatoms. The molecule has 13 rings (SSSR count). The van der Waals surface area contributed by atoms with Crippen molar-refractivity contribution in [3.05, 3.63) is 255 Å². The number of para-hydroxylation sites is 4. The number of aromatic amines is 1. The Morgan fingerprint density at radius 2 is 1.21 bits per heavy atom. The number of benzene rings is 9. The molecule has 0 saturated carbocycles. The van der Waals surface area contributed by atoms with Gasteiger partial charge in [-0.15, -0.1) is 0 Å². The number of aryl methyl sites for hydroxylation is 2. The zero-order valence-corrected chi connectivity index (χ0v) is 71.8.